The van der Waals surface area contributed by atoms with Crippen molar-refractivity contribution in [3.05, 3.63) is 30.5 Å². The second-order valence-electron chi connectivity index (χ2n) is 2.93. The molecular formula is C11H11NO2. The van der Waals surface area contributed by atoms with Crippen LogP contribution < -0.4 is 4.74 Å². The van der Waals surface area contributed by atoms with Crippen molar-refractivity contribution in [3.63, 3.8) is 0 Å². The van der Waals surface area contributed by atoms with E-state index in [4.69, 9.17) is 4.74 Å². The molecule has 0 saturated carbocycles. The van der Waals surface area contributed by atoms with Crippen molar-refractivity contribution in [1.29, 1.82) is 0 Å². The van der Waals surface area contributed by atoms with Crippen LogP contribution in [0.4, 0.5) is 0 Å². The van der Waals surface area contributed by atoms with Gasteiger partial charge in [0.05, 0.1) is 6.61 Å². The molecule has 0 bridgehead atoms. The molecule has 0 amide bonds. The van der Waals surface area contributed by atoms with E-state index in [-0.39, 0.29) is 5.75 Å². The summed E-state index contributed by atoms with van der Waals surface area (Å²) in [5, 5.41) is 11.5. The van der Waals surface area contributed by atoms with Crippen LogP contribution in [-0.4, -0.2) is 16.7 Å². The van der Waals surface area contributed by atoms with Gasteiger partial charge in [-0.2, -0.15) is 0 Å². The van der Waals surface area contributed by atoms with Crippen LogP contribution >= 0.6 is 0 Å². The van der Waals surface area contributed by atoms with E-state index in [9.17, 15) is 5.11 Å². The van der Waals surface area contributed by atoms with Crippen LogP contribution in [0.1, 0.15) is 6.92 Å². The Morgan fingerprint density at radius 1 is 1.36 bits per heavy atom. The Morgan fingerprint density at radius 3 is 2.93 bits per heavy atom. The number of aromatic nitrogens is 1. The van der Waals surface area contributed by atoms with Crippen molar-refractivity contribution in [2.75, 3.05) is 6.61 Å². The first kappa shape index (κ1) is 8.81. The van der Waals surface area contributed by atoms with E-state index in [0.29, 0.717) is 12.5 Å². The first-order valence-corrected chi connectivity index (χ1v) is 4.52. The fourth-order valence-electron chi connectivity index (χ4n) is 1.37. The second kappa shape index (κ2) is 3.54. The van der Waals surface area contributed by atoms with Crippen LogP contribution in [0.3, 0.4) is 0 Å². The van der Waals surface area contributed by atoms with Gasteiger partial charge in [-0.1, -0.05) is 24.3 Å². The minimum Gasteiger partial charge on any atom is -0.503 e. The third-order valence-electron chi connectivity index (χ3n) is 2.02. The fraction of sp³-hybridized carbons (Fsp3) is 0.182. The third-order valence-corrected chi connectivity index (χ3v) is 2.02. The molecule has 1 aromatic carbocycles. The second-order valence-corrected chi connectivity index (χ2v) is 2.93. The summed E-state index contributed by atoms with van der Waals surface area (Å²) in [5.41, 5.74) is 0. The highest BCUT2D eigenvalue weighted by Crippen LogP contribution is 2.31. The molecule has 14 heavy (non-hydrogen) atoms. The molecule has 1 N–H and O–H groups in total. The Hall–Kier alpha value is -1.77. The minimum atomic E-state index is 0.116. The quantitative estimate of drug-likeness (QED) is 0.788. The van der Waals surface area contributed by atoms with E-state index in [1.54, 1.807) is 6.20 Å². The molecule has 0 aliphatic rings. The Kier molecular flexibility index (Phi) is 2.23. The largest absolute Gasteiger partial charge is 0.503 e. The predicted molar refractivity (Wildman–Crippen MR) is 54.6 cm³/mol. The van der Waals surface area contributed by atoms with Gasteiger partial charge < -0.3 is 9.84 Å². The van der Waals surface area contributed by atoms with Crippen LogP contribution in [0.2, 0.25) is 0 Å². The molecule has 1 heterocycles. The molecule has 2 aromatic rings. The summed E-state index contributed by atoms with van der Waals surface area (Å²) in [6.45, 7) is 2.36. The number of benzene rings is 1. The molecule has 0 aliphatic heterocycles. The van der Waals surface area contributed by atoms with Crippen molar-refractivity contribution in [1.82, 2.24) is 4.98 Å². The Labute approximate surface area is 82.0 Å². The molecular weight excluding hydrogens is 178 g/mol. The molecule has 3 heteroatoms. The molecule has 3 nitrogen and oxygen atoms in total. The maximum absolute atomic E-state index is 9.79. The van der Waals surface area contributed by atoms with Crippen LogP contribution in [-0.2, 0) is 0 Å². The van der Waals surface area contributed by atoms with Crippen molar-refractivity contribution < 1.29 is 9.84 Å². The number of aromatic hydroxyl groups is 1. The van der Waals surface area contributed by atoms with E-state index in [1.807, 2.05) is 31.2 Å². The number of fused-ring (bicyclic) bond motifs is 1. The van der Waals surface area contributed by atoms with Crippen LogP contribution in [0.15, 0.2) is 30.5 Å². The van der Waals surface area contributed by atoms with Crippen molar-refractivity contribution in [2.45, 2.75) is 6.92 Å². The zero-order valence-electron chi connectivity index (χ0n) is 7.90. The molecule has 0 saturated heterocycles. The van der Waals surface area contributed by atoms with Crippen LogP contribution in [0.5, 0.6) is 11.6 Å². The fourth-order valence-corrected chi connectivity index (χ4v) is 1.37. The minimum absolute atomic E-state index is 0.116. The van der Waals surface area contributed by atoms with E-state index in [2.05, 4.69) is 4.98 Å². The molecule has 0 aliphatic carbocycles. The van der Waals surface area contributed by atoms with Gasteiger partial charge in [0, 0.05) is 17.0 Å². The van der Waals surface area contributed by atoms with Gasteiger partial charge in [0.15, 0.2) is 5.75 Å². The standard InChI is InChI=1S/C11H11NO2/c1-2-14-11-10(13)9-6-4-3-5-8(9)7-12-11/h3-7,13H,2H2,1H3. The molecule has 72 valence electrons. The first-order chi connectivity index (χ1) is 6.83. The monoisotopic (exact) mass is 189 g/mol. The number of hydrogen-bond donors (Lipinski definition) is 1. The highest BCUT2D eigenvalue weighted by Gasteiger charge is 2.07. The maximum Gasteiger partial charge on any atom is 0.257 e. The average Bonchev–Trinajstić information content (AvgIpc) is 2.23. The molecule has 0 unspecified atom stereocenters. The van der Waals surface area contributed by atoms with E-state index < -0.39 is 0 Å². The average molecular weight is 189 g/mol. The van der Waals surface area contributed by atoms with Gasteiger partial charge in [-0.15, -0.1) is 0 Å². The normalized spacial score (nSPS) is 10.4. The molecule has 2 rings (SSSR count). The number of ether oxygens (including phenoxy) is 1. The van der Waals surface area contributed by atoms with E-state index in [1.165, 1.54) is 0 Å². The van der Waals surface area contributed by atoms with Crippen molar-refractivity contribution in [2.24, 2.45) is 0 Å². The lowest BCUT2D eigenvalue weighted by atomic mass is 10.1. The topological polar surface area (TPSA) is 42.4 Å². The van der Waals surface area contributed by atoms with E-state index in [0.717, 1.165) is 10.8 Å². The SMILES string of the molecule is CCOc1ncc2ccccc2c1O. The van der Waals surface area contributed by atoms with Crippen molar-refractivity contribution >= 4 is 10.8 Å². The summed E-state index contributed by atoms with van der Waals surface area (Å²) in [7, 11) is 0. The van der Waals surface area contributed by atoms with Gasteiger partial charge in [-0.25, -0.2) is 4.98 Å². The highest BCUT2D eigenvalue weighted by atomic mass is 16.5. The van der Waals surface area contributed by atoms with E-state index >= 15 is 0 Å². The van der Waals surface area contributed by atoms with Gasteiger partial charge in [-0.3, -0.25) is 0 Å². The van der Waals surface area contributed by atoms with Crippen LogP contribution in [0, 0.1) is 0 Å². The molecule has 0 radical (unpaired) electrons. The maximum atomic E-state index is 9.79. The summed E-state index contributed by atoms with van der Waals surface area (Å²) in [5.74, 6) is 0.413. The zero-order valence-corrected chi connectivity index (χ0v) is 7.90. The Balaban J connectivity index is 2.63. The molecule has 1 aromatic heterocycles. The van der Waals surface area contributed by atoms with Crippen LogP contribution in [0.25, 0.3) is 10.8 Å². The summed E-state index contributed by atoms with van der Waals surface area (Å²) in [4.78, 5) is 4.02. The molecule has 0 fully saturated rings. The summed E-state index contributed by atoms with van der Waals surface area (Å²) in [6.07, 6.45) is 1.69. The Morgan fingerprint density at radius 2 is 2.14 bits per heavy atom. The van der Waals surface area contributed by atoms with Gasteiger partial charge in [0.25, 0.3) is 5.88 Å². The Bertz CT molecular complexity index is 454. The lowest BCUT2D eigenvalue weighted by molar-refractivity contribution is 0.306. The summed E-state index contributed by atoms with van der Waals surface area (Å²) in [6, 6.07) is 7.52. The smallest absolute Gasteiger partial charge is 0.257 e. The lowest BCUT2D eigenvalue weighted by Gasteiger charge is -2.06. The summed E-state index contributed by atoms with van der Waals surface area (Å²) >= 11 is 0. The first-order valence-electron chi connectivity index (χ1n) is 4.52. The molecule has 0 atom stereocenters. The molecule has 0 spiro atoms. The highest BCUT2D eigenvalue weighted by molar-refractivity contribution is 5.88. The lowest BCUT2D eigenvalue weighted by Crippen LogP contribution is -1.94. The van der Waals surface area contributed by atoms with Crippen molar-refractivity contribution in [3.8, 4) is 11.6 Å². The van der Waals surface area contributed by atoms with Gasteiger partial charge >= 0.3 is 0 Å². The number of rotatable bonds is 2. The number of nitrogens with zero attached hydrogens (tertiary/aromatic N) is 1. The summed E-state index contributed by atoms with van der Waals surface area (Å²) < 4.78 is 5.18. The van der Waals surface area contributed by atoms with Gasteiger partial charge in [0.1, 0.15) is 0 Å². The van der Waals surface area contributed by atoms with Gasteiger partial charge in [-0.05, 0) is 6.92 Å². The predicted octanol–water partition coefficient (Wildman–Crippen LogP) is 2.34. The zero-order chi connectivity index (χ0) is 9.97. The number of pyridine rings is 1. The number of hydrogen-bond acceptors (Lipinski definition) is 3. The third kappa shape index (κ3) is 1.37. The van der Waals surface area contributed by atoms with Gasteiger partial charge in [0.2, 0.25) is 0 Å².